The summed E-state index contributed by atoms with van der Waals surface area (Å²) in [7, 11) is 0. The van der Waals surface area contributed by atoms with E-state index < -0.39 is 0 Å². The molecule has 0 radical (unpaired) electrons. The third-order valence-corrected chi connectivity index (χ3v) is 3.21. The first-order chi connectivity index (χ1) is 9.10. The molecular formula is C14H21N5. The van der Waals surface area contributed by atoms with Gasteiger partial charge in [0, 0.05) is 23.5 Å². The number of nitrogens with zero attached hydrogens (tertiary/aromatic N) is 4. The first-order valence-electron chi connectivity index (χ1n) is 6.73. The van der Waals surface area contributed by atoms with Gasteiger partial charge in [0.05, 0.1) is 11.4 Å². The molecule has 0 fully saturated rings. The fraction of sp³-hybridized carbons (Fsp3) is 0.500. The minimum Gasteiger partial charge on any atom is -0.326 e. The smallest absolute Gasteiger partial charge is 0.251 e. The van der Waals surface area contributed by atoms with Crippen LogP contribution in [0.2, 0.25) is 0 Å². The molecule has 5 heteroatoms. The number of rotatable bonds is 4. The molecule has 102 valence electrons. The molecule has 0 amide bonds. The molecule has 0 aromatic carbocycles. The quantitative estimate of drug-likeness (QED) is 0.910. The largest absolute Gasteiger partial charge is 0.326 e. The zero-order valence-corrected chi connectivity index (χ0v) is 12.1. The van der Waals surface area contributed by atoms with Gasteiger partial charge in [-0.1, -0.05) is 13.8 Å². The summed E-state index contributed by atoms with van der Waals surface area (Å²) in [4.78, 5) is 8.97. The van der Waals surface area contributed by atoms with Crippen LogP contribution in [0, 0.1) is 13.8 Å². The molecule has 0 saturated carbocycles. The fourth-order valence-corrected chi connectivity index (χ4v) is 2.39. The summed E-state index contributed by atoms with van der Waals surface area (Å²) in [6, 6.07) is 1.96. The highest BCUT2D eigenvalue weighted by Gasteiger charge is 2.17. The van der Waals surface area contributed by atoms with Crippen LogP contribution in [0.15, 0.2) is 6.07 Å². The minimum absolute atomic E-state index is 0.511. The molecule has 0 spiro atoms. The van der Waals surface area contributed by atoms with Gasteiger partial charge in [0.2, 0.25) is 0 Å². The molecule has 0 aliphatic rings. The van der Waals surface area contributed by atoms with Crippen molar-refractivity contribution in [2.75, 3.05) is 0 Å². The lowest BCUT2D eigenvalue weighted by Crippen LogP contribution is -2.09. The van der Waals surface area contributed by atoms with E-state index in [0.717, 1.165) is 41.2 Å². The van der Waals surface area contributed by atoms with Gasteiger partial charge in [0.15, 0.2) is 0 Å². The highest BCUT2D eigenvalue weighted by molar-refractivity contribution is 5.32. The second-order valence-electron chi connectivity index (χ2n) is 4.65. The molecule has 19 heavy (non-hydrogen) atoms. The standard InChI is InChI=1S/C14H21N5/c1-5-12-11(8-15)13(6-2)19(18-12)14-16-9(3)7-10(4)17-14/h7H,5-6,8,15H2,1-4H3. The Morgan fingerprint density at radius 2 is 1.74 bits per heavy atom. The Balaban J connectivity index is 2.64. The molecule has 0 atom stereocenters. The van der Waals surface area contributed by atoms with E-state index in [1.54, 1.807) is 0 Å². The summed E-state index contributed by atoms with van der Waals surface area (Å²) in [5.41, 5.74) is 11.1. The Kier molecular flexibility index (Phi) is 3.95. The fourth-order valence-electron chi connectivity index (χ4n) is 2.39. The number of hydrogen-bond acceptors (Lipinski definition) is 4. The highest BCUT2D eigenvalue weighted by atomic mass is 15.4. The average molecular weight is 259 g/mol. The molecule has 2 N–H and O–H groups in total. The zero-order chi connectivity index (χ0) is 14.0. The van der Waals surface area contributed by atoms with E-state index in [2.05, 4.69) is 28.9 Å². The predicted molar refractivity (Wildman–Crippen MR) is 75.3 cm³/mol. The lowest BCUT2D eigenvalue weighted by molar-refractivity contribution is 0.736. The molecule has 2 heterocycles. The lowest BCUT2D eigenvalue weighted by atomic mass is 10.1. The molecule has 0 aliphatic heterocycles. The normalized spacial score (nSPS) is 11.0. The van der Waals surface area contributed by atoms with E-state index >= 15 is 0 Å². The van der Waals surface area contributed by atoms with Crippen molar-refractivity contribution in [2.24, 2.45) is 5.73 Å². The molecule has 0 aliphatic carbocycles. The van der Waals surface area contributed by atoms with Crippen LogP contribution in [0.3, 0.4) is 0 Å². The van der Waals surface area contributed by atoms with Crippen molar-refractivity contribution in [1.82, 2.24) is 19.7 Å². The average Bonchev–Trinajstić information content (AvgIpc) is 2.74. The van der Waals surface area contributed by atoms with Gasteiger partial charge in [0.25, 0.3) is 5.95 Å². The van der Waals surface area contributed by atoms with Gasteiger partial charge in [-0.05, 0) is 32.8 Å². The first kappa shape index (κ1) is 13.7. The Hall–Kier alpha value is -1.75. The molecular weight excluding hydrogens is 238 g/mol. The van der Waals surface area contributed by atoms with Gasteiger partial charge in [-0.25, -0.2) is 14.6 Å². The van der Waals surface area contributed by atoms with Gasteiger partial charge in [0.1, 0.15) is 0 Å². The number of hydrogen-bond donors (Lipinski definition) is 1. The molecule has 2 aromatic rings. The number of nitrogens with two attached hydrogens (primary N) is 1. The Morgan fingerprint density at radius 1 is 1.11 bits per heavy atom. The van der Waals surface area contributed by atoms with Gasteiger partial charge in [-0.15, -0.1) is 0 Å². The Bertz CT molecular complexity index is 566. The van der Waals surface area contributed by atoms with Crippen molar-refractivity contribution in [3.8, 4) is 5.95 Å². The maximum atomic E-state index is 5.86. The second-order valence-corrected chi connectivity index (χ2v) is 4.65. The Morgan fingerprint density at radius 3 is 2.21 bits per heavy atom. The van der Waals surface area contributed by atoms with Crippen LogP contribution in [0.25, 0.3) is 5.95 Å². The van der Waals surface area contributed by atoms with E-state index in [9.17, 15) is 0 Å². The molecule has 0 bridgehead atoms. The summed E-state index contributed by atoms with van der Waals surface area (Å²) < 4.78 is 1.85. The molecule has 2 rings (SSSR count). The van der Waals surface area contributed by atoms with E-state index in [1.807, 2.05) is 24.6 Å². The van der Waals surface area contributed by atoms with Crippen LogP contribution in [0.1, 0.15) is 42.2 Å². The molecule has 0 unspecified atom stereocenters. The summed E-state index contributed by atoms with van der Waals surface area (Å²) >= 11 is 0. The van der Waals surface area contributed by atoms with E-state index in [-0.39, 0.29) is 0 Å². The van der Waals surface area contributed by atoms with Crippen molar-refractivity contribution in [2.45, 2.75) is 47.1 Å². The third-order valence-electron chi connectivity index (χ3n) is 3.21. The van der Waals surface area contributed by atoms with Gasteiger partial charge >= 0.3 is 0 Å². The van der Waals surface area contributed by atoms with Crippen molar-refractivity contribution in [1.29, 1.82) is 0 Å². The third kappa shape index (κ3) is 2.51. The van der Waals surface area contributed by atoms with Crippen molar-refractivity contribution < 1.29 is 0 Å². The maximum absolute atomic E-state index is 5.86. The van der Waals surface area contributed by atoms with Gasteiger partial charge < -0.3 is 5.73 Å². The van der Waals surface area contributed by atoms with Crippen molar-refractivity contribution >= 4 is 0 Å². The number of aromatic nitrogens is 4. The second kappa shape index (κ2) is 5.48. The van der Waals surface area contributed by atoms with Crippen LogP contribution < -0.4 is 5.73 Å². The topological polar surface area (TPSA) is 69.6 Å². The predicted octanol–water partition coefficient (Wildman–Crippen LogP) is 1.86. The zero-order valence-electron chi connectivity index (χ0n) is 12.1. The van der Waals surface area contributed by atoms with Crippen LogP contribution in [0.4, 0.5) is 0 Å². The van der Waals surface area contributed by atoms with E-state index in [1.165, 1.54) is 0 Å². The molecule has 5 nitrogen and oxygen atoms in total. The first-order valence-corrected chi connectivity index (χ1v) is 6.73. The molecule has 0 saturated heterocycles. The van der Waals surface area contributed by atoms with Crippen LogP contribution in [-0.2, 0) is 19.4 Å². The van der Waals surface area contributed by atoms with E-state index in [0.29, 0.717) is 12.5 Å². The summed E-state index contributed by atoms with van der Waals surface area (Å²) in [5, 5.41) is 4.63. The van der Waals surface area contributed by atoms with Gasteiger partial charge in [-0.2, -0.15) is 5.10 Å². The van der Waals surface area contributed by atoms with Gasteiger partial charge in [-0.3, -0.25) is 0 Å². The molecule has 2 aromatic heterocycles. The highest BCUT2D eigenvalue weighted by Crippen LogP contribution is 2.18. The monoisotopic (exact) mass is 259 g/mol. The maximum Gasteiger partial charge on any atom is 0.251 e. The SMILES string of the molecule is CCc1nn(-c2nc(C)cc(C)n2)c(CC)c1CN. The van der Waals surface area contributed by atoms with Crippen LogP contribution >= 0.6 is 0 Å². The number of aryl methyl sites for hydroxylation is 3. The summed E-state index contributed by atoms with van der Waals surface area (Å²) in [5.74, 6) is 0.642. The van der Waals surface area contributed by atoms with Crippen molar-refractivity contribution in [3.63, 3.8) is 0 Å². The van der Waals surface area contributed by atoms with E-state index in [4.69, 9.17) is 5.73 Å². The lowest BCUT2D eigenvalue weighted by Gasteiger charge is -2.07. The van der Waals surface area contributed by atoms with Crippen LogP contribution in [-0.4, -0.2) is 19.7 Å². The van der Waals surface area contributed by atoms with Crippen LogP contribution in [0.5, 0.6) is 0 Å². The summed E-state index contributed by atoms with van der Waals surface area (Å²) in [6.07, 6.45) is 1.74. The minimum atomic E-state index is 0.511. The Labute approximate surface area is 113 Å². The summed E-state index contributed by atoms with van der Waals surface area (Å²) in [6.45, 7) is 8.65. The van der Waals surface area contributed by atoms with Crippen molar-refractivity contribution in [3.05, 3.63) is 34.4 Å².